The number of hydrogen-bond donors (Lipinski definition) is 1. The van der Waals surface area contributed by atoms with Crippen molar-refractivity contribution < 1.29 is 32.3 Å². The van der Waals surface area contributed by atoms with Crippen molar-refractivity contribution in [1.29, 1.82) is 0 Å². The summed E-state index contributed by atoms with van der Waals surface area (Å²) >= 11 is 5.82. The van der Waals surface area contributed by atoms with Gasteiger partial charge in [0.25, 0.3) is 6.08 Å². The fourth-order valence-electron chi connectivity index (χ4n) is 6.17. The summed E-state index contributed by atoms with van der Waals surface area (Å²) < 4.78 is 43.3. The van der Waals surface area contributed by atoms with E-state index in [1.807, 2.05) is 12.1 Å². The van der Waals surface area contributed by atoms with E-state index in [4.69, 9.17) is 11.6 Å². The Balaban J connectivity index is 1.23. The van der Waals surface area contributed by atoms with Crippen molar-refractivity contribution in [2.24, 2.45) is 0 Å². The Labute approximate surface area is 272 Å². The molecule has 1 atom stereocenters. The third kappa shape index (κ3) is 6.42. The molecule has 0 bridgehead atoms. The number of carbonyl (C=O) groups is 4. The van der Waals surface area contributed by atoms with Crippen molar-refractivity contribution in [3.05, 3.63) is 106 Å². The van der Waals surface area contributed by atoms with E-state index in [-0.39, 0.29) is 59.5 Å². The average Bonchev–Trinajstić information content (AvgIpc) is 3.53. The van der Waals surface area contributed by atoms with Crippen molar-refractivity contribution in [2.75, 3.05) is 6.54 Å². The van der Waals surface area contributed by atoms with Crippen LogP contribution in [0.4, 0.5) is 13.2 Å². The van der Waals surface area contributed by atoms with Crippen LogP contribution in [0.15, 0.2) is 72.7 Å². The van der Waals surface area contributed by atoms with Crippen molar-refractivity contribution in [3.63, 3.8) is 0 Å². The topological polar surface area (TPSA) is 114 Å². The molecule has 6 rings (SSSR count). The molecule has 2 fully saturated rings. The highest BCUT2D eigenvalue weighted by molar-refractivity contribution is 6.30. The van der Waals surface area contributed by atoms with Gasteiger partial charge in [-0.1, -0.05) is 29.8 Å². The van der Waals surface area contributed by atoms with Gasteiger partial charge < -0.3 is 14.8 Å². The largest absolute Gasteiger partial charge is 0.350 e. The number of halogens is 4. The fourth-order valence-corrected chi connectivity index (χ4v) is 6.36. The van der Waals surface area contributed by atoms with Gasteiger partial charge >= 0.3 is 0 Å². The highest BCUT2D eigenvalue weighted by Gasteiger charge is 2.46. The number of Topliss-reactive ketones (excluding diaryl/α,β-unsaturated/α-hetero) is 2. The second kappa shape index (κ2) is 12.7. The summed E-state index contributed by atoms with van der Waals surface area (Å²) in [5.74, 6) is -2.32. The Morgan fingerprint density at radius 2 is 1.81 bits per heavy atom. The summed E-state index contributed by atoms with van der Waals surface area (Å²) in [7, 11) is 0. The molecule has 13 heteroatoms. The van der Waals surface area contributed by atoms with Crippen LogP contribution in [-0.4, -0.2) is 55.4 Å². The van der Waals surface area contributed by atoms with Crippen molar-refractivity contribution in [2.45, 2.75) is 57.2 Å². The number of nitrogens with zero attached hydrogens (tertiary/aromatic N) is 4. The van der Waals surface area contributed by atoms with Crippen LogP contribution in [0.25, 0.3) is 10.9 Å². The summed E-state index contributed by atoms with van der Waals surface area (Å²) in [6, 6.07) is 10.2. The van der Waals surface area contributed by atoms with Crippen LogP contribution in [0.5, 0.6) is 0 Å². The molecule has 1 saturated heterocycles. The van der Waals surface area contributed by atoms with Crippen LogP contribution in [0.3, 0.4) is 0 Å². The van der Waals surface area contributed by atoms with E-state index in [0.717, 1.165) is 23.3 Å². The van der Waals surface area contributed by atoms with Crippen molar-refractivity contribution in [3.8, 4) is 0 Å². The molecular formula is C34H29ClF3N5O4. The van der Waals surface area contributed by atoms with Gasteiger partial charge in [0.05, 0.1) is 5.02 Å². The third-order valence-electron chi connectivity index (χ3n) is 8.90. The zero-order valence-electron chi connectivity index (χ0n) is 25.2. The number of likely N-dealkylation sites (tertiary alicyclic amines) is 1. The summed E-state index contributed by atoms with van der Waals surface area (Å²) in [4.78, 5) is 61.6. The van der Waals surface area contributed by atoms with Crippen LogP contribution in [-0.2, 0) is 28.1 Å². The maximum atomic E-state index is 14.3. The first-order chi connectivity index (χ1) is 22.5. The third-order valence-corrected chi connectivity index (χ3v) is 9.19. The first-order valence-corrected chi connectivity index (χ1v) is 15.3. The zero-order valence-corrected chi connectivity index (χ0v) is 26.0. The molecule has 242 valence electrons. The summed E-state index contributed by atoms with van der Waals surface area (Å²) in [5.41, 5.74) is 1.14. The molecule has 1 aliphatic heterocycles. The van der Waals surface area contributed by atoms with Gasteiger partial charge in [-0.3, -0.25) is 19.2 Å². The molecule has 2 amide bonds. The second-order valence-corrected chi connectivity index (χ2v) is 12.4. The first kappa shape index (κ1) is 32.1. The molecule has 3 heterocycles. The standard InChI is InChI=1S/C34H29ClF3N5O4/c1-19(44)24-17-42(26-7-6-22(13-23(24)26)34(8-9-34)14-28(45)32-39-10-3-11-40-32)18-29(46)43-16-21(31(37)38)12-27(43)33(47)41-15-20-4-2-5-25(35)30(20)36/h2-7,10-11,13,17,27H,8-9,12,14-16,18H2,1H3,(H,41,47)/t27-/m0/s1. The van der Waals surface area contributed by atoms with Gasteiger partial charge in [-0.15, -0.1) is 0 Å². The van der Waals surface area contributed by atoms with Gasteiger partial charge in [-0.05, 0) is 49.6 Å². The highest BCUT2D eigenvalue weighted by atomic mass is 35.5. The van der Waals surface area contributed by atoms with E-state index >= 15 is 0 Å². The van der Waals surface area contributed by atoms with Crippen LogP contribution in [0, 0.1) is 5.82 Å². The van der Waals surface area contributed by atoms with Crippen LogP contribution in [0.1, 0.15) is 64.7 Å². The quantitative estimate of drug-likeness (QED) is 0.215. The molecule has 2 aromatic heterocycles. The highest BCUT2D eigenvalue weighted by Crippen LogP contribution is 2.52. The lowest BCUT2D eigenvalue weighted by atomic mass is 9.89. The zero-order chi connectivity index (χ0) is 33.5. The molecule has 0 unspecified atom stereocenters. The molecule has 47 heavy (non-hydrogen) atoms. The summed E-state index contributed by atoms with van der Waals surface area (Å²) in [5, 5.41) is 3.00. The van der Waals surface area contributed by atoms with Crippen LogP contribution >= 0.6 is 11.6 Å². The van der Waals surface area contributed by atoms with Gasteiger partial charge in [0.2, 0.25) is 17.6 Å². The molecule has 0 spiro atoms. The number of hydrogen-bond acceptors (Lipinski definition) is 6. The van der Waals surface area contributed by atoms with E-state index in [1.54, 1.807) is 16.7 Å². The number of ketones is 2. The SMILES string of the molecule is CC(=O)c1cn(CC(=O)N2CC(=C(F)F)C[C@H]2C(=O)NCc2cccc(Cl)c2F)c2ccc(C3(CC(=O)c4ncccn4)CC3)cc12. The van der Waals surface area contributed by atoms with E-state index in [9.17, 15) is 32.3 Å². The van der Waals surface area contributed by atoms with E-state index < -0.39 is 41.7 Å². The molecule has 4 aromatic rings. The summed E-state index contributed by atoms with van der Waals surface area (Å²) in [6.45, 7) is 0.377. The molecule has 1 N–H and O–H groups in total. The lowest BCUT2D eigenvalue weighted by molar-refractivity contribution is -0.138. The molecule has 1 saturated carbocycles. The molecule has 0 radical (unpaired) electrons. The number of rotatable bonds is 10. The average molecular weight is 664 g/mol. The van der Waals surface area contributed by atoms with Gasteiger partial charge in [-0.25, -0.2) is 14.4 Å². The Hall–Kier alpha value is -4.84. The Morgan fingerprint density at radius 3 is 2.49 bits per heavy atom. The van der Waals surface area contributed by atoms with Gasteiger partial charge in [0.15, 0.2) is 11.6 Å². The minimum absolute atomic E-state index is 0.106. The minimum Gasteiger partial charge on any atom is -0.350 e. The number of aromatic nitrogens is 3. The molecular weight excluding hydrogens is 635 g/mol. The number of nitrogens with one attached hydrogen (secondary N) is 1. The Morgan fingerprint density at radius 1 is 1.06 bits per heavy atom. The lowest BCUT2D eigenvalue weighted by Crippen LogP contribution is -2.46. The number of fused-ring (bicyclic) bond motifs is 1. The van der Waals surface area contributed by atoms with E-state index in [1.165, 1.54) is 43.7 Å². The van der Waals surface area contributed by atoms with Crippen LogP contribution in [0.2, 0.25) is 5.02 Å². The normalized spacial score (nSPS) is 16.7. The molecule has 9 nitrogen and oxygen atoms in total. The predicted octanol–water partition coefficient (Wildman–Crippen LogP) is 5.80. The van der Waals surface area contributed by atoms with Gasteiger partial charge in [-0.2, -0.15) is 8.78 Å². The number of amides is 2. The van der Waals surface area contributed by atoms with Crippen LogP contribution < -0.4 is 5.32 Å². The smallest absolute Gasteiger partial charge is 0.271 e. The van der Waals surface area contributed by atoms with E-state index in [2.05, 4.69) is 15.3 Å². The van der Waals surface area contributed by atoms with Crippen molar-refractivity contribution in [1.82, 2.24) is 24.8 Å². The monoisotopic (exact) mass is 663 g/mol. The molecule has 2 aromatic carbocycles. The second-order valence-electron chi connectivity index (χ2n) is 11.9. The van der Waals surface area contributed by atoms with E-state index in [0.29, 0.717) is 16.5 Å². The minimum atomic E-state index is -1.97. The number of carbonyl (C=O) groups excluding carboxylic acids is 4. The lowest BCUT2D eigenvalue weighted by Gasteiger charge is -2.24. The number of benzene rings is 2. The first-order valence-electron chi connectivity index (χ1n) is 14.9. The van der Waals surface area contributed by atoms with Gasteiger partial charge in [0.1, 0.15) is 18.4 Å². The maximum Gasteiger partial charge on any atom is 0.271 e. The maximum absolute atomic E-state index is 14.3. The molecule has 2 aliphatic rings. The Kier molecular flexibility index (Phi) is 8.71. The molecule has 1 aliphatic carbocycles. The fraction of sp³-hybridized carbons (Fsp3) is 0.294. The Bertz CT molecular complexity index is 1950. The summed E-state index contributed by atoms with van der Waals surface area (Å²) in [6.07, 6.45) is 3.98. The van der Waals surface area contributed by atoms with Gasteiger partial charge in [0, 0.05) is 77.5 Å². The predicted molar refractivity (Wildman–Crippen MR) is 166 cm³/mol. The van der Waals surface area contributed by atoms with Crippen molar-refractivity contribution >= 4 is 45.9 Å².